The first-order valence-electron chi connectivity index (χ1n) is 11.3. The predicted molar refractivity (Wildman–Crippen MR) is 148 cm³/mol. The highest BCUT2D eigenvalue weighted by atomic mass is 35.5. The molecule has 0 saturated carbocycles. The number of nitrogens with one attached hydrogen (secondary N) is 2. The number of hydrogen-bond acceptors (Lipinski definition) is 7. The molecule has 4 rings (SSSR count). The summed E-state index contributed by atoms with van der Waals surface area (Å²) in [5, 5.41) is 14.6. The van der Waals surface area contributed by atoms with Crippen LogP contribution in [0.3, 0.4) is 0 Å². The smallest absolute Gasteiger partial charge is 0.152 e. The molecule has 4 aromatic rings. The number of pyridine rings is 2. The third-order valence-corrected chi connectivity index (χ3v) is 6.70. The lowest BCUT2D eigenvalue weighted by atomic mass is 10.0. The molecule has 2 aromatic heterocycles. The van der Waals surface area contributed by atoms with Crippen LogP contribution in [-0.2, 0) is 0 Å². The zero-order valence-electron chi connectivity index (χ0n) is 19.9. The molecule has 1 atom stereocenters. The monoisotopic (exact) mass is 502 g/mol. The SMILES string of the molecule is CC(Nc1c(C#N)cnc2ccc(-c3cnc(Cl)c(NSCCN(C)C)c3)cc12)c1ccccc1. The highest BCUT2D eigenvalue weighted by molar-refractivity contribution is 8.00. The van der Waals surface area contributed by atoms with E-state index in [2.05, 4.69) is 56.1 Å². The maximum absolute atomic E-state index is 9.78. The highest BCUT2D eigenvalue weighted by Crippen LogP contribution is 2.34. The Labute approximate surface area is 215 Å². The Morgan fingerprint density at radius 1 is 1.06 bits per heavy atom. The fourth-order valence-corrected chi connectivity index (χ4v) is 4.76. The van der Waals surface area contributed by atoms with Crippen LogP contribution in [0.1, 0.15) is 24.1 Å². The largest absolute Gasteiger partial charge is 0.377 e. The molecule has 8 heteroatoms. The molecular weight excluding hydrogens is 476 g/mol. The Kier molecular flexibility index (Phi) is 8.09. The molecule has 0 fully saturated rings. The molecule has 1 unspecified atom stereocenters. The minimum Gasteiger partial charge on any atom is -0.377 e. The summed E-state index contributed by atoms with van der Waals surface area (Å²) in [6, 6.07) is 20.5. The minimum absolute atomic E-state index is 0.0183. The molecule has 35 heavy (non-hydrogen) atoms. The van der Waals surface area contributed by atoms with Gasteiger partial charge in [-0.25, -0.2) is 4.98 Å². The molecule has 0 aliphatic carbocycles. The van der Waals surface area contributed by atoms with Crippen LogP contribution in [0.2, 0.25) is 5.15 Å². The Morgan fingerprint density at radius 2 is 1.86 bits per heavy atom. The van der Waals surface area contributed by atoms with Gasteiger partial charge in [-0.3, -0.25) is 4.98 Å². The number of benzene rings is 2. The summed E-state index contributed by atoms with van der Waals surface area (Å²) in [4.78, 5) is 11.0. The van der Waals surface area contributed by atoms with Crippen LogP contribution < -0.4 is 10.0 Å². The molecule has 0 spiro atoms. The van der Waals surface area contributed by atoms with E-state index >= 15 is 0 Å². The van der Waals surface area contributed by atoms with Crippen LogP contribution in [0.15, 0.2) is 67.0 Å². The summed E-state index contributed by atoms with van der Waals surface area (Å²) >= 11 is 7.94. The second kappa shape index (κ2) is 11.4. The van der Waals surface area contributed by atoms with E-state index in [1.165, 1.54) is 0 Å². The van der Waals surface area contributed by atoms with Gasteiger partial charge in [-0.2, -0.15) is 5.26 Å². The van der Waals surface area contributed by atoms with Crippen LogP contribution >= 0.6 is 23.5 Å². The van der Waals surface area contributed by atoms with Gasteiger partial charge in [0.2, 0.25) is 0 Å². The number of rotatable bonds is 9. The number of nitrogens with zero attached hydrogens (tertiary/aromatic N) is 4. The first-order valence-corrected chi connectivity index (χ1v) is 12.7. The average molecular weight is 503 g/mol. The topological polar surface area (TPSA) is 76.9 Å². The molecule has 2 aromatic carbocycles. The van der Waals surface area contributed by atoms with Gasteiger partial charge in [-0.15, -0.1) is 0 Å². The Morgan fingerprint density at radius 3 is 2.60 bits per heavy atom. The highest BCUT2D eigenvalue weighted by Gasteiger charge is 2.14. The van der Waals surface area contributed by atoms with E-state index in [0.29, 0.717) is 10.7 Å². The molecule has 6 nitrogen and oxygen atoms in total. The molecule has 0 bridgehead atoms. The van der Waals surface area contributed by atoms with Crippen LogP contribution in [0, 0.1) is 11.3 Å². The van der Waals surface area contributed by atoms with Crippen molar-refractivity contribution in [3.63, 3.8) is 0 Å². The first-order chi connectivity index (χ1) is 17.0. The molecule has 178 valence electrons. The van der Waals surface area contributed by atoms with Gasteiger partial charge in [-0.05, 0) is 50.3 Å². The van der Waals surface area contributed by atoms with Crippen LogP contribution in [0.4, 0.5) is 11.4 Å². The van der Waals surface area contributed by atoms with Crippen LogP contribution in [0.5, 0.6) is 0 Å². The standard InChI is InChI=1S/C27H27ClN6S/c1-18(19-7-5-4-6-8-19)32-26-22(15-29)17-30-24-10-9-20(13-23(24)26)21-14-25(27(28)31-16-21)33-35-12-11-34(2)3/h4-10,13-14,16-18,33H,11-12H2,1-3H3,(H,30,32). The van der Waals surface area contributed by atoms with Gasteiger partial charge >= 0.3 is 0 Å². The lowest BCUT2D eigenvalue weighted by Gasteiger charge is -2.19. The fraction of sp³-hybridized carbons (Fsp3) is 0.222. The van der Waals surface area contributed by atoms with Gasteiger partial charge in [0, 0.05) is 41.7 Å². The summed E-state index contributed by atoms with van der Waals surface area (Å²) < 4.78 is 3.32. The van der Waals surface area contributed by atoms with Gasteiger partial charge in [0.25, 0.3) is 0 Å². The third kappa shape index (κ3) is 6.04. The number of anilines is 2. The van der Waals surface area contributed by atoms with E-state index in [1.54, 1.807) is 24.3 Å². The van der Waals surface area contributed by atoms with Gasteiger partial charge < -0.3 is 14.9 Å². The van der Waals surface area contributed by atoms with Crippen molar-refractivity contribution in [2.45, 2.75) is 13.0 Å². The summed E-state index contributed by atoms with van der Waals surface area (Å²) in [5.41, 5.74) is 5.90. The second-order valence-electron chi connectivity index (χ2n) is 8.48. The number of nitriles is 1. The molecule has 0 aliphatic heterocycles. The van der Waals surface area contributed by atoms with E-state index in [4.69, 9.17) is 11.6 Å². The molecule has 0 radical (unpaired) electrons. The molecule has 2 N–H and O–H groups in total. The van der Waals surface area contributed by atoms with Crippen molar-refractivity contribution < 1.29 is 0 Å². The summed E-state index contributed by atoms with van der Waals surface area (Å²) in [7, 11) is 4.09. The van der Waals surface area contributed by atoms with Gasteiger partial charge in [-0.1, -0.05) is 59.9 Å². The van der Waals surface area contributed by atoms with Crippen molar-refractivity contribution in [1.29, 1.82) is 5.26 Å². The van der Waals surface area contributed by atoms with Crippen LogP contribution in [0.25, 0.3) is 22.0 Å². The van der Waals surface area contributed by atoms with E-state index in [-0.39, 0.29) is 6.04 Å². The normalized spacial score (nSPS) is 11.9. The van der Waals surface area contributed by atoms with Crippen molar-refractivity contribution in [2.75, 3.05) is 36.4 Å². The Balaban J connectivity index is 1.68. The molecule has 2 heterocycles. The Bertz CT molecular complexity index is 1350. The lowest BCUT2D eigenvalue weighted by Crippen LogP contribution is -2.15. The van der Waals surface area contributed by atoms with Gasteiger partial charge in [0.15, 0.2) is 5.15 Å². The summed E-state index contributed by atoms with van der Waals surface area (Å²) in [5.74, 6) is 0.917. The van der Waals surface area contributed by atoms with Crippen molar-refractivity contribution >= 4 is 45.8 Å². The number of hydrogen-bond donors (Lipinski definition) is 2. The lowest BCUT2D eigenvalue weighted by molar-refractivity contribution is 0.437. The molecule has 0 saturated heterocycles. The zero-order chi connectivity index (χ0) is 24.8. The Hall–Kier alpha value is -3.31. The first kappa shape index (κ1) is 24.8. The fourth-order valence-electron chi connectivity index (χ4n) is 3.69. The van der Waals surface area contributed by atoms with E-state index in [0.717, 1.165) is 51.3 Å². The van der Waals surface area contributed by atoms with E-state index in [1.807, 2.05) is 50.5 Å². The molecular formula is C27H27ClN6S. The van der Waals surface area contributed by atoms with Crippen LogP contribution in [-0.4, -0.2) is 41.3 Å². The number of halogens is 1. The minimum atomic E-state index is 0.0183. The van der Waals surface area contributed by atoms with Crippen molar-refractivity contribution in [3.05, 3.63) is 83.3 Å². The van der Waals surface area contributed by atoms with Crippen molar-refractivity contribution in [3.8, 4) is 17.2 Å². The third-order valence-electron chi connectivity index (χ3n) is 5.64. The van der Waals surface area contributed by atoms with E-state index in [9.17, 15) is 5.26 Å². The quantitative estimate of drug-likeness (QED) is 0.151. The second-order valence-corrected chi connectivity index (χ2v) is 9.74. The average Bonchev–Trinajstić information content (AvgIpc) is 2.88. The van der Waals surface area contributed by atoms with Gasteiger partial charge in [0.1, 0.15) is 6.07 Å². The number of aromatic nitrogens is 2. The van der Waals surface area contributed by atoms with Crippen molar-refractivity contribution in [1.82, 2.24) is 14.9 Å². The van der Waals surface area contributed by atoms with Gasteiger partial charge in [0.05, 0.1) is 22.5 Å². The molecule has 0 aliphatic rings. The summed E-state index contributed by atoms with van der Waals surface area (Å²) in [6.07, 6.45) is 3.39. The zero-order valence-corrected chi connectivity index (χ0v) is 21.5. The van der Waals surface area contributed by atoms with E-state index < -0.39 is 0 Å². The van der Waals surface area contributed by atoms with Crippen molar-refractivity contribution in [2.24, 2.45) is 0 Å². The number of fused-ring (bicyclic) bond motifs is 1. The summed E-state index contributed by atoms with van der Waals surface area (Å²) in [6.45, 7) is 3.04. The maximum Gasteiger partial charge on any atom is 0.152 e. The predicted octanol–water partition coefficient (Wildman–Crippen LogP) is 6.62. The molecule has 0 amide bonds. The maximum atomic E-state index is 9.78.